The number of sulfonamides is 1. The number of thiazole rings is 1. The molecule has 0 bridgehead atoms. The van der Waals surface area contributed by atoms with Crippen molar-refractivity contribution in [2.24, 2.45) is 0 Å². The van der Waals surface area contributed by atoms with Crippen LogP contribution in [0.3, 0.4) is 0 Å². The maximum Gasteiger partial charge on any atom is 0.290 e. The number of nitrogens with zero attached hydrogens (tertiary/aromatic N) is 3. The molecule has 1 N–H and O–H groups in total. The third-order valence-corrected chi connectivity index (χ3v) is 8.92. The quantitative estimate of drug-likeness (QED) is 0.590. The van der Waals surface area contributed by atoms with Crippen LogP contribution < -0.4 is 5.32 Å². The molecule has 0 radical (unpaired) electrons. The Morgan fingerprint density at radius 3 is 2.64 bits per heavy atom. The van der Waals surface area contributed by atoms with Crippen molar-refractivity contribution in [2.45, 2.75) is 43.0 Å². The van der Waals surface area contributed by atoms with Crippen molar-refractivity contribution in [1.29, 1.82) is 0 Å². The summed E-state index contributed by atoms with van der Waals surface area (Å²) in [6.07, 6.45) is 5.41. The van der Waals surface area contributed by atoms with Gasteiger partial charge in [-0.15, -0.1) is 0 Å². The molecule has 2 amide bonds. The van der Waals surface area contributed by atoms with Crippen LogP contribution in [-0.2, 0) is 14.8 Å². The highest BCUT2D eigenvalue weighted by molar-refractivity contribution is 7.89. The van der Waals surface area contributed by atoms with E-state index in [2.05, 4.69) is 10.3 Å². The SMILES string of the molecule is O=C(Nc1nc2ccc(S(=O)(=O)N3CCCC3)cc2s1)C1CCCCN1C(=O)c1ccco1. The molecule has 0 aliphatic carbocycles. The highest BCUT2D eigenvalue weighted by Crippen LogP contribution is 2.31. The minimum Gasteiger partial charge on any atom is -0.459 e. The summed E-state index contributed by atoms with van der Waals surface area (Å²) in [7, 11) is -3.53. The molecule has 5 rings (SSSR count). The second-order valence-electron chi connectivity index (χ2n) is 8.24. The smallest absolute Gasteiger partial charge is 0.290 e. The molecule has 2 aliphatic rings. The van der Waals surface area contributed by atoms with Gasteiger partial charge in [-0.3, -0.25) is 9.59 Å². The van der Waals surface area contributed by atoms with Gasteiger partial charge in [-0.1, -0.05) is 11.3 Å². The third-order valence-electron chi connectivity index (χ3n) is 6.09. The first kappa shape index (κ1) is 22.1. The van der Waals surface area contributed by atoms with Crippen LogP contribution in [-0.4, -0.2) is 60.1 Å². The molecule has 2 aliphatic heterocycles. The molecule has 11 heteroatoms. The Morgan fingerprint density at radius 1 is 1.09 bits per heavy atom. The van der Waals surface area contributed by atoms with Crippen molar-refractivity contribution in [3.05, 3.63) is 42.4 Å². The molecular formula is C22H24N4O5S2. The van der Waals surface area contributed by atoms with Crippen LogP contribution in [0.25, 0.3) is 10.2 Å². The van der Waals surface area contributed by atoms with Gasteiger partial charge in [0, 0.05) is 19.6 Å². The number of amides is 2. The largest absolute Gasteiger partial charge is 0.459 e. The zero-order valence-electron chi connectivity index (χ0n) is 17.9. The van der Waals surface area contributed by atoms with E-state index >= 15 is 0 Å². The summed E-state index contributed by atoms with van der Waals surface area (Å²) in [5.41, 5.74) is 0.614. The van der Waals surface area contributed by atoms with E-state index in [9.17, 15) is 18.0 Å². The Labute approximate surface area is 195 Å². The molecule has 1 atom stereocenters. The van der Waals surface area contributed by atoms with Gasteiger partial charge >= 0.3 is 0 Å². The van der Waals surface area contributed by atoms with Gasteiger partial charge in [0.25, 0.3) is 5.91 Å². The Morgan fingerprint density at radius 2 is 1.88 bits per heavy atom. The number of anilines is 1. The molecule has 33 heavy (non-hydrogen) atoms. The van der Waals surface area contributed by atoms with Gasteiger partial charge in [0.2, 0.25) is 15.9 Å². The lowest BCUT2D eigenvalue weighted by Gasteiger charge is -2.33. The number of furan rings is 1. The first-order valence-corrected chi connectivity index (χ1v) is 13.3. The van der Waals surface area contributed by atoms with Crippen LogP contribution in [0.1, 0.15) is 42.7 Å². The van der Waals surface area contributed by atoms with Gasteiger partial charge in [0.1, 0.15) is 6.04 Å². The Kier molecular flexibility index (Phi) is 5.94. The molecule has 2 fully saturated rings. The van der Waals surface area contributed by atoms with Crippen LogP contribution in [0.2, 0.25) is 0 Å². The molecular weight excluding hydrogens is 464 g/mol. The number of aromatic nitrogens is 1. The predicted octanol–water partition coefficient (Wildman–Crippen LogP) is 3.31. The summed E-state index contributed by atoms with van der Waals surface area (Å²) in [5, 5.41) is 3.21. The maximum atomic E-state index is 13.1. The third kappa shape index (κ3) is 4.28. The monoisotopic (exact) mass is 488 g/mol. The first-order chi connectivity index (χ1) is 15.9. The zero-order chi connectivity index (χ0) is 23.0. The van der Waals surface area contributed by atoms with E-state index < -0.39 is 16.1 Å². The Hall–Kier alpha value is -2.76. The van der Waals surface area contributed by atoms with E-state index in [1.54, 1.807) is 35.2 Å². The van der Waals surface area contributed by atoms with Gasteiger partial charge in [-0.2, -0.15) is 4.31 Å². The highest BCUT2D eigenvalue weighted by atomic mass is 32.2. The van der Waals surface area contributed by atoms with Crippen molar-refractivity contribution in [1.82, 2.24) is 14.2 Å². The van der Waals surface area contributed by atoms with Crippen molar-refractivity contribution in [3.63, 3.8) is 0 Å². The summed E-state index contributed by atoms with van der Waals surface area (Å²) < 4.78 is 33.1. The lowest BCUT2D eigenvalue weighted by Crippen LogP contribution is -2.49. The van der Waals surface area contributed by atoms with Crippen LogP contribution in [0.15, 0.2) is 45.9 Å². The molecule has 1 aromatic carbocycles. The summed E-state index contributed by atoms with van der Waals surface area (Å²) in [5.74, 6) is -0.402. The van der Waals surface area contributed by atoms with Crippen molar-refractivity contribution >= 4 is 48.5 Å². The second kappa shape index (κ2) is 8.88. The molecule has 9 nitrogen and oxygen atoms in total. The number of carbonyl (C=O) groups is 2. The highest BCUT2D eigenvalue weighted by Gasteiger charge is 2.34. The van der Waals surface area contributed by atoms with Crippen molar-refractivity contribution < 1.29 is 22.4 Å². The number of rotatable bonds is 5. The van der Waals surface area contributed by atoms with Gasteiger partial charge in [-0.05, 0) is 62.4 Å². The molecule has 2 saturated heterocycles. The van der Waals surface area contributed by atoms with Gasteiger partial charge in [0.05, 0.1) is 21.4 Å². The number of nitrogens with one attached hydrogen (secondary N) is 1. The predicted molar refractivity (Wildman–Crippen MR) is 124 cm³/mol. The fourth-order valence-electron chi connectivity index (χ4n) is 4.37. The molecule has 4 heterocycles. The normalized spacial score (nSPS) is 19.8. The summed E-state index contributed by atoms with van der Waals surface area (Å²) in [4.78, 5) is 32.1. The van der Waals surface area contributed by atoms with Crippen molar-refractivity contribution in [2.75, 3.05) is 25.0 Å². The van der Waals surface area contributed by atoms with Crippen LogP contribution in [0.5, 0.6) is 0 Å². The minimum atomic E-state index is -3.53. The molecule has 3 aromatic rings. The summed E-state index contributed by atoms with van der Waals surface area (Å²) >= 11 is 1.22. The van der Waals surface area contributed by atoms with E-state index in [1.165, 1.54) is 21.9 Å². The van der Waals surface area contributed by atoms with Crippen LogP contribution in [0.4, 0.5) is 5.13 Å². The van der Waals surface area contributed by atoms with E-state index in [1.807, 2.05) is 0 Å². The van der Waals surface area contributed by atoms with E-state index in [-0.39, 0.29) is 22.5 Å². The van der Waals surface area contributed by atoms with Gasteiger partial charge < -0.3 is 14.6 Å². The minimum absolute atomic E-state index is 0.210. The Bertz CT molecular complexity index is 1280. The average molecular weight is 489 g/mol. The lowest BCUT2D eigenvalue weighted by atomic mass is 10.0. The molecule has 2 aromatic heterocycles. The van der Waals surface area contributed by atoms with E-state index in [0.29, 0.717) is 41.4 Å². The summed E-state index contributed by atoms with van der Waals surface area (Å²) in [6.45, 7) is 1.56. The zero-order valence-corrected chi connectivity index (χ0v) is 19.5. The molecule has 174 valence electrons. The molecule has 0 saturated carbocycles. The fraction of sp³-hybridized carbons (Fsp3) is 0.409. The van der Waals surface area contributed by atoms with E-state index in [4.69, 9.17) is 4.42 Å². The lowest BCUT2D eigenvalue weighted by molar-refractivity contribution is -0.121. The number of likely N-dealkylation sites (tertiary alicyclic amines) is 1. The standard InChI is InChI=1S/C22H24N4O5S2/c27-20(17-6-1-2-12-26(17)21(28)18-7-5-13-31-18)24-22-23-16-9-8-15(14-19(16)32-22)33(29,30)25-10-3-4-11-25/h5,7-9,13-14,17H,1-4,6,10-12H2,(H,23,24,27). The van der Waals surface area contributed by atoms with Crippen LogP contribution >= 0.6 is 11.3 Å². The van der Waals surface area contributed by atoms with Crippen molar-refractivity contribution in [3.8, 4) is 0 Å². The number of hydrogen-bond donors (Lipinski definition) is 1. The Balaban J connectivity index is 1.35. The number of benzene rings is 1. The van der Waals surface area contributed by atoms with Gasteiger partial charge in [-0.25, -0.2) is 13.4 Å². The number of fused-ring (bicyclic) bond motifs is 1. The summed E-state index contributed by atoms with van der Waals surface area (Å²) in [6, 6.07) is 7.46. The second-order valence-corrected chi connectivity index (χ2v) is 11.2. The average Bonchev–Trinajstić information content (AvgIpc) is 3.59. The maximum absolute atomic E-state index is 13.1. The number of piperidine rings is 1. The molecule has 0 spiro atoms. The molecule has 1 unspecified atom stereocenters. The van der Waals surface area contributed by atoms with Crippen LogP contribution in [0, 0.1) is 0 Å². The fourth-order valence-corrected chi connectivity index (χ4v) is 6.90. The number of hydrogen-bond acceptors (Lipinski definition) is 7. The van der Waals surface area contributed by atoms with E-state index in [0.717, 1.165) is 25.7 Å². The first-order valence-electron chi connectivity index (χ1n) is 11.0. The topological polar surface area (TPSA) is 113 Å². The van der Waals surface area contributed by atoms with Gasteiger partial charge in [0.15, 0.2) is 10.9 Å². The number of carbonyl (C=O) groups excluding carboxylic acids is 2.